The van der Waals surface area contributed by atoms with Crippen LogP contribution in [0.5, 0.6) is 0 Å². The molecule has 0 aromatic carbocycles. The minimum Gasteiger partial charge on any atom is -0.364 e. The summed E-state index contributed by atoms with van der Waals surface area (Å²) in [5, 5.41) is 5.84. The van der Waals surface area contributed by atoms with Crippen LogP contribution in [-0.4, -0.2) is 33.0 Å². The number of thiophene rings is 1. The molecular formula is C14H14N4O3S. The first-order valence-corrected chi connectivity index (χ1v) is 7.63. The van der Waals surface area contributed by atoms with Gasteiger partial charge in [0.2, 0.25) is 5.91 Å². The molecule has 22 heavy (non-hydrogen) atoms. The third kappa shape index (κ3) is 2.77. The van der Waals surface area contributed by atoms with Crippen LogP contribution in [-0.2, 0) is 24.3 Å². The van der Waals surface area contributed by atoms with Crippen LogP contribution < -0.4 is 11.3 Å². The normalized spacial score (nSPS) is 13.7. The average molecular weight is 318 g/mol. The number of hydrogen-bond donors (Lipinski definition) is 1. The molecule has 3 heterocycles. The molecule has 0 spiro atoms. The van der Waals surface area contributed by atoms with Crippen LogP contribution in [0, 0.1) is 0 Å². The molecule has 7 nitrogen and oxygen atoms in total. The molecule has 0 unspecified atom stereocenters. The Morgan fingerprint density at radius 2 is 2.14 bits per heavy atom. The molecule has 1 aliphatic heterocycles. The Morgan fingerprint density at radius 1 is 1.32 bits per heavy atom. The minimum atomic E-state index is -0.734. The number of carbonyl (C=O) groups is 2. The van der Waals surface area contributed by atoms with E-state index in [1.807, 2.05) is 11.4 Å². The van der Waals surface area contributed by atoms with Gasteiger partial charge in [0.05, 0.1) is 0 Å². The van der Waals surface area contributed by atoms with E-state index in [9.17, 15) is 14.4 Å². The number of carbonyl (C=O) groups excluding carboxylic acids is 2. The maximum absolute atomic E-state index is 12.3. The fourth-order valence-corrected chi connectivity index (χ4v) is 3.27. The zero-order valence-corrected chi connectivity index (χ0v) is 12.5. The fourth-order valence-electron chi connectivity index (χ4n) is 2.38. The van der Waals surface area contributed by atoms with Crippen molar-refractivity contribution in [1.82, 2.24) is 14.7 Å². The summed E-state index contributed by atoms with van der Waals surface area (Å²) < 4.78 is 0.978. The van der Waals surface area contributed by atoms with Gasteiger partial charge in [0.1, 0.15) is 12.2 Å². The zero-order chi connectivity index (χ0) is 15.7. The van der Waals surface area contributed by atoms with Crippen molar-refractivity contribution in [2.24, 2.45) is 5.73 Å². The van der Waals surface area contributed by atoms with E-state index in [1.54, 1.807) is 16.2 Å². The number of fused-ring (bicyclic) bond motifs is 1. The van der Waals surface area contributed by atoms with Crippen molar-refractivity contribution < 1.29 is 9.59 Å². The van der Waals surface area contributed by atoms with E-state index >= 15 is 0 Å². The van der Waals surface area contributed by atoms with Gasteiger partial charge in [0.25, 0.3) is 11.5 Å². The maximum Gasteiger partial charge on any atom is 0.269 e. The standard InChI is InChI=1S/C14H14N4O3S/c15-14(21)10-1-2-12(19)18(16-10)8-13(20)17-5-3-11-9(7-17)4-6-22-11/h1-2,4,6H,3,5,7-8H2,(H2,15,21). The van der Waals surface area contributed by atoms with Crippen molar-refractivity contribution in [3.8, 4) is 0 Å². The van der Waals surface area contributed by atoms with Gasteiger partial charge in [0.15, 0.2) is 0 Å². The molecule has 2 aromatic rings. The Morgan fingerprint density at radius 3 is 2.91 bits per heavy atom. The first kappa shape index (κ1) is 14.5. The summed E-state index contributed by atoms with van der Waals surface area (Å²) in [5.74, 6) is -0.935. The molecule has 2 aromatic heterocycles. The van der Waals surface area contributed by atoms with Gasteiger partial charge in [-0.3, -0.25) is 14.4 Å². The van der Waals surface area contributed by atoms with Gasteiger partial charge in [0, 0.05) is 24.0 Å². The molecule has 0 aliphatic carbocycles. The van der Waals surface area contributed by atoms with Crippen LogP contribution in [0.25, 0.3) is 0 Å². The van der Waals surface area contributed by atoms with Crippen LogP contribution in [0.3, 0.4) is 0 Å². The Kier molecular flexibility index (Phi) is 3.76. The quantitative estimate of drug-likeness (QED) is 0.860. The number of aromatic nitrogens is 2. The molecule has 0 saturated carbocycles. The Labute approximate surface area is 130 Å². The van der Waals surface area contributed by atoms with Crippen molar-refractivity contribution in [3.63, 3.8) is 0 Å². The van der Waals surface area contributed by atoms with Crippen LogP contribution in [0.2, 0.25) is 0 Å². The van der Waals surface area contributed by atoms with Crippen LogP contribution in [0.1, 0.15) is 20.9 Å². The van der Waals surface area contributed by atoms with Crippen molar-refractivity contribution >= 4 is 23.2 Å². The fraction of sp³-hybridized carbons (Fsp3) is 0.286. The van der Waals surface area contributed by atoms with Gasteiger partial charge in [-0.2, -0.15) is 5.10 Å². The van der Waals surface area contributed by atoms with E-state index in [1.165, 1.54) is 17.0 Å². The number of amides is 2. The van der Waals surface area contributed by atoms with Gasteiger partial charge in [-0.1, -0.05) is 0 Å². The second kappa shape index (κ2) is 5.72. The highest BCUT2D eigenvalue weighted by Gasteiger charge is 2.22. The molecule has 8 heteroatoms. The molecular weight excluding hydrogens is 304 g/mol. The lowest BCUT2D eigenvalue weighted by molar-refractivity contribution is -0.133. The van der Waals surface area contributed by atoms with Crippen molar-refractivity contribution in [2.45, 2.75) is 19.5 Å². The molecule has 2 N–H and O–H groups in total. The lowest BCUT2D eigenvalue weighted by Crippen LogP contribution is -2.40. The monoisotopic (exact) mass is 318 g/mol. The van der Waals surface area contributed by atoms with Crippen LogP contribution in [0.15, 0.2) is 28.4 Å². The van der Waals surface area contributed by atoms with Gasteiger partial charge in [-0.25, -0.2) is 4.68 Å². The number of rotatable bonds is 3. The highest BCUT2D eigenvalue weighted by atomic mass is 32.1. The average Bonchev–Trinajstić information content (AvgIpc) is 2.96. The maximum atomic E-state index is 12.3. The summed E-state index contributed by atoms with van der Waals surface area (Å²) in [6.45, 7) is 0.970. The van der Waals surface area contributed by atoms with E-state index in [-0.39, 0.29) is 18.1 Å². The summed E-state index contributed by atoms with van der Waals surface area (Å²) in [5.41, 5.74) is 5.81. The summed E-state index contributed by atoms with van der Waals surface area (Å²) in [7, 11) is 0. The first-order valence-electron chi connectivity index (χ1n) is 6.75. The van der Waals surface area contributed by atoms with Crippen molar-refractivity contribution in [2.75, 3.05) is 6.54 Å². The summed E-state index contributed by atoms with van der Waals surface area (Å²) >= 11 is 1.69. The van der Waals surface area contributed by atoms with E-state index in [0.29, 0.717) is 13.1 Å². The van der Waals surface area contributed by atoms with Gasteiger partial charge in [-0.15, -0.1) is 11.3 Å². The van der Waals surface area contributed by atoms with Crippen molar-refractivity contribution in [1.29, 1.82) is 0 Å². The molecule has 0 atom stereocenters. The lowest BCUT2D eigenvalue weighted by Gasteiger charge is -2.27. The minimum absolute atomic E-state index is 0.0360. The Bertz CT molecular complexity index is 795. The topological polar surface area (TPSA) is 98.3 Å². The second-order valence-corrected chi connectivity index (χ2v) is 6.01. The number of primary amides is 1. The van der Waals surface area contributed by atoms with E-state index < -0.39 is 11.5 Å². The Hall–Kier alpha value is -2.48. The molecule has 114 valence electrons. The van der Waals surface area contributed by atoms with E-state index in [2.05, 4.69) is 5.10 Å². The summed E-state index contributed by atoms with van der Waals surface area (Å²) in [4.78, 5) is 38.2. The molecule has 0 fully saturated rings. The number of nitrogens with zero attached hydrogens (tertiary/aromatic N) is 3. The van der Waals surface area contributed by atoms with Gasteiger partial charge < -0.3 is 10.6 Å². The second-order valence-electron chi connectivity index (χ2n) is 5.01. The lowest BCUT2D eigenvalue weighted by atomic mass is 10.1. The predicted octanol–water partition coefficient (Wildman–Crippen LogP) is -0.0114. The molecule has 0 radical (unpaired) electrons. The largest absolute Gasteiger partial charge is 0.364 e. The smallest absolute Gasteiger partial charge is 0.269 e. The van der Waals surface area contributed by atoms with E-state index in [0.717, 1.165) is 16.7 Å². The molecule has 0 bridgehead atoms. The van der Waals surface area contributed by atoms with Crippen LogP contribution in [0.4, 0.5) is 0 Å². The van der Waals surface area contributed by atoms with Crippen LogP contribution >= 0.6 is 11.3 Å². The molecule has 0 saturated heterocycles. The van der Waals surface area contributed by atoms with Gasteiger partial charge in [-0.05, 0) is 29.5 Å². The summed E-state index contributed by atoms with van der Waals surface area (Å²) in [6, 6.07) is 4.45. The number of nitrogens with two attached hydrogens (primary N) is 1. The zero-order valence-electron chi connectivity index (χ0n) is 11.7. The molecule has 2 amide bonds. The SMILES string of the molecule is NC(=O)c1ccc(=O)n(CC(=O)N2CCc3sccc3C2)n1. The Balaban J connectivity index is 1.76. The van der Waals surface area contributed by atoms with E-state index in [4.69, 9.17) is 5.73 Å². The van der Waals surface area contributed by atoms with Crippen molar-refractivity contribution in [3.05, 3.63) is 50.1 Å². The highest BCUT2D eigenvalue weighted by molar-refractivity contribution is 7.10. The van der Waals surface area contributed by atoms with Gasteiger partial charge >= 0.3 is 0 Å². The summed E-state index contributed by atoms with van der Waals surface area (Å²) in [6.07, 6.45) is 0.822. The first-order chi connectivity index (χ1) is 10.5. The predicted molar refractivity (Wildman–Crippen MR) is 80.5 cm³/mol. The highest BCUT2D eigenvalue weighted by Crippen LogP contribution is 2.23. The molecule has 3 rings (SSSR count). The number of hydrogen-bond acceptors (Lipinski definition) is 5. The third-order valence-corrected chi connectivity index (χ3v) is 4.59. The third-order valence-electron chi connectivity index (χ3n) is 3.56. The molecule has 1 aliphatic rings.